The number of nitro benzene ring substituents is 1. The third kappa shape index (κ3) is 3.66. The van der Waals surface area contributed by atoms with Crippen LogP contribution in [-0.4, -0.2) is 20.8 Å². The lowest BCUT2D eigenvalue weighted by molar-refractivity contribution is -0.384. The van der Waals surface area contributed by atoms with E-state index >= 15 is 0 Å². The van der Waals surface area contributed by atoms with E-state index in [-0.39, 0.29) is 11.6 Å². The van der Waals surface area contributed by atoms with E-state index in [1.54, 1.807) is 12.1 Å². The van der Waals surface area contributed by atoms with Crippen LogP contribution < -0.4 is 5.32 Å². The summed E-state index contributed by atoms with van der Waals surface area (Å²) in [5.74, 6) is -0.00367. The molecule has 0 bridgehead atoms. The molecule has 1 N–H and O–H groups in total. The van der Waals surface area contributed by atoms with Crippen molar-refractivity contribution in [1.29, 1.82) is 0 Å². The Morgan fingerprint density at radius 2 is 1.80 bits per heavy atom. The van der Waals surface area contributed by atoms with Crippen molar-refractivity contribution in [2.24, 2.45) is 0 Å². The van der Waals surface area contributed by atoms with E-state index in [1.807, 2.05) is 31.2 Å². The minimum absolute atomic E-state index is 0.0394. The fraction of sp³-hybridized carbons (Fsp3) is 0.0556. The Morgan fingerprint density at radius 3 is 2.48 bits per heavy atom. The van der Waals surface area contributed by atoms with Gasteiger partial charge in [0.1, 0.15) is 0 Å². The number of nitrogens with one attached hydrogen (secondary N) is 1. The predicted molar refractivity (Wildman–Crippen MR) is 93.3 cm³/mol. The summed E-state index contributed by atoms with van der Waals surface area (Å²) in [5, 5.41) is 13.6. The standard InChI is InChI=1S/C18H14N4O3/c1-12-5-2-3-8-16(12)21-18(23)14-10-19-17(20-11-14)13-6-4-7-15(9-13)22(24)25/h2-11H,1H3,(H,21,23). The topological polar surface area (TPSA) is 98.0 Å². The Hall–Kier alpha value is -3.61. The molecule has 1 amide bonds. The summed E-state index contributed by atoms with van der Waals surface area (Å²) in [7, 11) is 0. The first-order valence-corrected chi connectivity index (χ1v) is 7.48. The highest BCUT2D eigenvalue weighted by atomic mass is 16.6. The summed E-state index contributed by atoms with van der Waals surface area (Å²) in [5.41, 5.74) is 2.44. The van der Waals surface area contributed by atoms with Crippen LogP contribution in [0.3, 0.4) is 0 Å². The van der Waals surface area contributed by atoms with Crippen LogP contribution in [0, 0.1) is 17.0 Å². The van der Waals surface area contributed by atoms with Crippen molar-refractivity contribution in [2.75, 3.05) is 5.32 Å². The zero-order valence-electron chi connectivity index (χ0n) is 13.3. The molecule has 7 nitrogen and oxygen atoms in total. The molecule has 0 saturated carbocycles. The molecular weight excluding hydrogens is 320 g/mol. The molecule has 0 atom stereocenters. The number of non-ortho nitro benzene ring substituents is 1. The number of amides is 1. The first kappa shape index (κ1) is 16.3. The number of aryl methyl sites for hydroxylation is 1. The zero-order chi connectivity index (χ0) is 17.8. The number of anilines is 1. The second-order valence-electron chi connectivity index (χ2n) is 5.37. The maximum Gasteiger partial charge on any atom is 0.270 e. The monoisotopic (exact) mass is 334 g/mol. The summed E-state index contributed by atoms with van der Waals surface area (Å²) in [6.45, 7) is 1.90. The van der Waals surface area contributed by atoms with Crippen LogP contribution >= 0.6 is 0 Å². The van der Waals surface area contributed by atoms with Crippen LogP contribution in [0.25, 0.3) is 11.4 Å². The maximum atomic E-state index is 12.3. The lowest BCUT2D eigenvalue weighted by Gasteiger charge is -2.08. The van der Waals surface area contributed by atoms with Gasteiger partial charge in [0.25, 0.3) is 11.6 Å². The van der Waals surface area contributed by atoms with E-state index in [2.05, 4.69) is 15.3 Å². The zero-order valence-corrected chi connectivity index (χ0v) is 13.3. The molecule has 25 heavy (non-hydrogen) atoms. The van der Waals surface area contributed by atoms with Crippen molar-refractivity contribution in [1.82, 2.24) is 9.97 Å². The number of nitro groups is 1. The van der Waals surface area contributed by atoms with E-state index in [9.17, 15) is 14.9 Å². The molecule has 0 saturated heterocycles. The normalized spacial score (nSPS) is 10.3. The van der Waals surface area contributed by atoms with Crippen LogP contribution in [0.5, 0.6) is 0 Å². The van der Waals surface area contributed by atoms with E-state index in [1.165, 1.54) is 24.5 Å². The molecular formula is C18H14N4O3. The second-order valence-corrected chi connectivity index (χ2v) is 5.37. The number of aromatic nitrogens is 2. The fourth-order valence-electron chi connectivity index (χ4n) is 2.26. The Balaban J connectivity index is 1.80. The highest BCUT2D eigenvalue weighted by Crippen LogP contribution is 2.21. The summed E-state index contributed by atoms with van der Waals surface area (Å²) in [6.07, 6.45) is 2.80. The molecule has 124 valence electrons. The molecule has 0 radical (unpaired) electrons. The number of nitrogens with zero attached hydrogens (tertiary/aromatic N) is 3. The van der Waals surface area contributed by atoms with Crippen molar-refractivity contribution in [3.8, 4) is 11.4 Å². The molecule has 3 rings (SSSR count). The van der Waals surface area contributed by atoms with E-state index < -0.39 is 4.92 Å². The average molecular weight is 334 g/mol. The van der Waals surface area contributed by atoms with Crippen molar-refractivity contribution in [3.63, 3.8) is 0 Å². The van der Waals surface area contributed by atoms with Crippen LogP contribution in [0.2, 0.25) is 0 Å². The number of carbonyl (C=O) groups is 1. The third-order valence-electron chi connectivity index (χ3n) is 3.62. The van der Waals surface area contributed by atoms with Gasteiger partial charge in [0.15, 0.2) is 5.82 Å². The van der Waals surface area contributed by atoms with Gasteiger partial charge in [0.05, 0.1) is 10.5 Å². The van der Waals surface area contributed by atoms with E-state index in [4.69, 9.17) is 0 Å². The smallest absolute Gasteiger partial charge is 0.270 e. The largest absolute Gasteiger partial charge is 0.322 e. The Kier molecular flexibility index (Phi) is 4.47. The highest BCUT2D eigenvalue weighted by Gasteiger charge is 2.12. The second kappa shape index (κ2) is 6.88. The van der Waals surface area contributed by atoms with Gasteiger partial charge in [-0.15, -0.1) is 0 Å². The predicted octanol–water partition coefficient (Wildman–Crippen LogP) is 3.61. The molecule has 0 unspecified atom stereocenters. The summed E-state index contributed by atoms with van der Waals surface area (Å²) >= 11 is 0. The van der Waals surface area contributed by atoms with Gasteiger partial charge in [0.2, 0.25) is 0 Å². The lowest BCUT2D eigenvalue weighted by Crippen LogP contribution is -2.13. The number of hydrogen-bond donors (Lipinski definition) is 1. The molecule has 7 heteroatoms. The SMILES string of the molecule is Cc1ccccc1NC(=O)c1cnc(-c2cccc([N+](=O)[O-])c2)nc1. The summed E-state index contributed by atoms with van der Waals surface area (Å²) < 4.78 is 0. The van der Waals surface area contributed by atoms with Gasteiger partial charge in [-0.2, -0.15) is 0 Å². The van der Waals surface area contributed by atoms with Gasteiger partial charge in [0, 0.05) is 35.8 Å². The Bertz CT molecular complexity index is 939. The van der Waals surface area contributed by atoms with Crippen LogP contribution in [0.1, 0.15) is 15.9 Å². The fourth-order valence-corrected chi connectivity index (χ4v) is 2.26. The minimum atomic E-state index is -0.479. The van der Waals surface area contributed by atoms with Gasteiger partial charge in [-0.05, 0) is 18.6 Å². The van der Waals surface area contributed by atoms with Gasteiger partial charge in [-0.25, -0.2) is 9.97 Å². The number of para-hydroxylation sites is 1. The maximum absolute atomic E-state index is 12.3. The number of benzene rings is 2. The molecule has 0 aliphatic carbocycles. The van der Waals surface area contributed by atoms with Crippen LogP contribution in [0.4, 0.5) is 11.4 Å². The van der Waals surface area contributed by atoms with Crippen molar-refractivity contribution >= 4 is 17.3 Å². The molecule has 1 aromatic heterocycles. The van der Waals surface area contributed by atoms with Crippen LogP contribution in [0.15, 0.2) is 60.9 Å². The van der Waals surface area contributed by atoms with Gasteiger partial charge in [-0.1, -0.05) is 30.3 Å². The van der Waals surface area contributed by atoms with Crippen molar-refractivity contribution < 1.29 is 9.72 Å². The molecule has 0 aliphatic rings. The molecule has 3 aromatic rings. The Morgan fingerprint density at radius 1 is 1.08 bits per heavy atom. The number of rotatable bonds is 4. The minimum Gasteiger partial charge on any atom is -0.322 e. The van der Waals surface area contributed by atoms with Crippen LogP contribution in [-0.2, 0) is 0 Å². The van der Waals surface area contributed by atoms with Gasteiger partial charge in [-0.3, -0.25) is 14.9 Å². The lowest BCUT2D eigenvalue weighted by atomic mass is 10.2. The van der Waals surface area contributed by atoms with Gasteiger partial charge >= 0.3 is 0 Å². The quantitative estimate of drug-likeness (QED) is 0.580. The van der Waals surface area contributed by atoms with Crippen molar-refractivity contribution in [3.05, 3.63) is 82.2 Å². The highest BCUT2D eigenvalue weighted by molar-refractivity contribution is 6.04. The summed E-state index contributed by atoms with van der Waals surface area (Å²) in [6, 6.07) is 13.5. The molecule has 0 aliphatic heterocycles. The molecule has 0 fully saturated rings. The first-order chi connectivity index (χ1) is 12.0. The van der Waals surface area contributed by atoms with E-state index in [0.717, 1.165) is 11.3 Å². The molecule has 2 aromatic carbocycles. The van der Waals surface area contributed by atoms with Crippen molar-refractivity contribution in [2.45, 2.75) is 6.92 Å². The van der Waals surface area contributed by atoms with Gasteiger partial charge < -0.3 is 5.32 Å². The Labute approximate surface area is 143 Å². The number of hydrogen-bond acceptors (Lipinski definition) is 5. The molecule has 0 spiro atoms. The first-order valence-electron chi connectivity index (χ1n) is 7.48. The van der Waals surface area contributed by atoms with E-state index in [0.29, 0.717) is 17.0 Å². The average Bonchev–Trinajstić information content (AvgIpc) is 2.64. The third-order valence-corrected chi connectivity index (χ3v) is 3.62. The molecule has 1 heterocycles. The summed E-state index contributed by atoms with van der Waals surface area (Å²) in [4.78, 5) is 30.9. The number of carbonyl (C=O) groups excluding carboxylic acids is 1.